The van der Waals surface area contributed by atoms with Gasteiger partial charge in [-0.15, -0.1) is 0 Å². The van der Waals surface area contributed by atoms with Crippen LogP contribution in [0.1, 0.15) is 90.7 Å². The van der Waals surface area contributed by atoms with Gasteiger partial charge in [-0.3, -0.25) is 14.4 Å². The lowest BCUT2D eigenvalue weighted by molar-refractivity contribution is -0.147. The van der Waals surface area contributed by atoms with E-state index in [1.54, 1.807) is 31.2 Å². The standard InChI is InChI=1S/C15H23NO3.C13H18O3.C9H12/c1-9(2)4-3-7-16-14(17)12-10-5-6-11(8-10)13(12)15(18)19;1-9(2)8-16-13(15)10(3)11-4-6-12(14)7-5-11;1-8(2)9-6-4-3-5-7-9/h5-6,9-13H,3-4,7-8H2,1-2H3,(H,16,17)(H,18,19);4-7,9-10,14H,8H2,1-3H3;3-8H,1-2H3. The molecular weight excluding hydrogens is 554 g/mol. The fourth-order valence-corrected chi connectivity index (χ4v) is 5.47. The fraction of sp³-hybridized carbons (Fsp3) is 0.541. The lowest BCUT2D eigenvalue weighted by Crippen LogP contribution is -2.40. The second kappa shape index (κ2) is 18.3. The molecule has 242 valence electrons. The number of fused-ring (bicyclic) bond motifs is 2. The first-order chi connectivity index (χ1) is 20.8. The van der Waals surface area contributed by atoms with E-state index in [-0.39, 0.29) is 41.3 Å². The molecule has 5 atom stereocenters. The van der Waals surface area contributed by atoms with Gasteiger partial charge < -0.3 is 20.3 Å². The molecule has 44 heavy (non-hydrogen) atoms. The Balaban J connectivity index is 0.000000244. The molecule has 1 amide bonds. The van der Waals surface area contributed by atoms with Gasteiger partial charge in [0.15, 0.2) is 0 Å². The van der Waals surface area contributed by atoms with E-state index >= 15 is 0 Å². The van der Waals surface area contributed by atoms with E-state index in [0.29, 0.717) is 30.9 Å². The summed E-state index contributed by atoms with van der Waals surface area (Å²) in [5.41, 5.74) is 2.27. The molecule has 1 fully saturated rings. The van der Waals surface area contributed by atoms with Gasteiger partial charge in [-0.05, 0) is 79.0 Å². The Kier molecular flexibility index (Phi) is 15.2. The summed E-state index contributed by atoms with van der Waals surface area (Å²) in [6.07, 6.45) is 6.84. The fourth-order valence-electron chi connectivity index (χ4n) is 5.47. The Morgan fingerprint density at radius 3 is 1.91 bits per heavy atom. The minimum Gasteiger partial charge on any atom is -0.508 e. The van der Waals surface area contributed by atoms with Gasteiger partial charge in [0.05, 0.1) is 24.4 Å². The summed E-state index contributed by atoms with van der Waals surface area (Å²) < 4.78 is 5.15. The van der Waals surface area contributed by atoms with Crippen molar-refractivity contribution in [2.75, 3.05) is 13.2 Å². The van der Waals surface area contributed by atoms with E-state index in [4.69, 9.17) is 9.84 Å². The highest BCUT2D eigenvalue weighted by Gasteiger charge is 2.51. The first kappa shape index (κ1) is 36.6. The van der Waals surface area contributed by atoms with Crippen LogP contribution in [0.15, 0.2) is 66.7 Å². The lowest BCUT2D eigenvalue weighted by atomic mass is 9.82. The number of carbonyl (C=O) groups is 3. The number of hydrogen-bond donors (Lipinski definition) is 3. The smallest absolute Gasteiger partial charge is 0.313 e. The number of hydrogen-bond acceptors (Lipinski definition) is 5. The molecule has 0 aromatic heterocycles. The molecule has 3 N–H and O–H groups in total. The molecule has 2 aliphatic carbocycles. The van der Waals surface area contributed by atoms with Gasteiger partial charge in [-0.25, -0.2) is 0 Å². The average molecular weight is 608 g/mol. The van der Waals surface area contributed by atoms with E-state index in [9.17, 15) is 19.5 Å². The van der Waals surface area contributed by atoms with Gasteiger partial charge in [0.1, 0.15) is 5.75 Å². The molecule has 2 bridgehead atoms. The number of phenolic OH excluding ortho intramolecular Hbond substituents is 1. The Hall–Kier alpha value is -3.61. The Morgan fingerprint density at radius 2 is 1.41 bits per heavy atom. The minimum absolute atomic E-state index is 0.0499. The predicted molar refractivity (Wildman–Crippen MR) is 175 cm³/mol. The topological polar surface area (TPSA) is 113 Å². The number of carboxylic acid groups (broad SMARTS) is 1. The summed E-state index contributed by atoms with van der Waals surface area (Å²) >= 11 is 0. The molecule has 2 aliphatic rings. The van der Waals surface area contributed by atoms with Crippen LogP contribution in [0, 0.1) is 35.5 Å². The number of carbonyl (C=O) groups excluding carboxylic acids is 2. The molecule has 4 rings (SSSR count). The minimum atomic E-state index is -0.834. The number of phenols is 1. The van der Waals surface area contributed by atoms with Crippen LogP contribution in [0.5, 0.6) is 5.75 Å². The molecule has 7 heteroatoms. The number of rotatable bonds is 11. The Bertz CT molecular complexity index is 1190. The zero-order chi connectivity index (χ0) is 32.8. The largest absolute Gasteiger partial charge is 0.508 e. The number of amides is 1. The molecule has 2 aromatic rings. The van der Waals surface area contributed by atoms with Crippen molar-refractivity contribution in [1.82, 2.24) is 5.32 Å². The summed E-state index contributed by atoms with van der Waals surface area (Å²) in [7, 11) is 0. The first-order valence-corrected chi connectivity index (χ1v) is 16.0. The molecule has 0 heterocycles. The Labute approximate surface area is 264 Å². The van der Waals surface area contributed by atoms with Gasteiger partial charge >= 0.3 is 11.9 Å². The molecule has 0 saturated heterocycles. The van der Waals surface area contributed by atoms with Gasteiger partial charge in [0.25, 0.3) is 0 Å². The summed E-state index contributed by atoms with van der Waals surface area (Å²) in [5, 5.41) is 21.3. The maximum absolute atomic E-state index is 12.2. The van der Waals surface area contributed by atoms with Crippen molar-refractivity contribution in [3.63, 3.8) is 0 Å². The van der Waals surface area contributed by atoms with Crippen molar-refractivity contribution in [1.29, 1.82) is 0 Å². The first-order valence-electron chi connectivity index (χ1n) is 16.0. The van der Waals surface area contributed by atoms with Crippen LogP contribution >= 0.6 is 0 Å². The van der Waals surface area contributed by atoms with E-state index in [0.717, 1.165) is 24.8 Å². The van der Waals surface area contributed by atoms with Crippen molar-refractivity contribution in [2.24, 2.45) is 35.5 Å². The highest BCUT2D eigenvalue weighted by atomic mass is 16.5. The van der Waals surface area contributed by atoms with Gasteiger partial charge in [0.2, 0.25) is 5.91 Å². The number of allylic oxidation sites excluding steroid dienone is 2. The second-order valence-electron chi connectivity index (χ2n) is 13.1. The third-order valence-electron chi connectivity index (χ3n) is 8.08. The highest BCUT2D eigenvalue weighted by molar-refractivity contribution is 5.86. The average Bonchev–Trinajstić information content (AvgIpc) is 3.61. The molecule has 5 unspecified atom stereocenters. The van der Waals surface area contributed by atoms with E-state index < -0.39 is 11.9 Å². The van der Waals surface area contributed by atoms with Crippen molar-refractivity contribution in [3.8, 4) is 5.75 Å². The summed E-state index contributed by atoms with van der Waals surface area (Å²) in [4.78, 5) is 35.1. The van der Waals surface area contributed by atoms with Crippen LogP contribution in [-0.4, -0.2) is 41.2 Å². The van der Waals surface area contributed by atoms with Crippen LogP contribution in [0.4, 0.5) is 0 Å². The molecule has 7 nitrogen and oxygen atoms in total. The number of benzene rings is 2. The number of aliphatic carboxylic acids is 1. The Morgan fingerprint density at radius 1 is 0.818 bits per heavy atom. The number of esters is 1. The third-order valence-corrected chi connectivity index (χ3v) is 8.08. The van der Waals surface area contributed by atoms with E-state index in [1.807, 2.05) is 32.1 Å². The van der Waals surface area contributed by atoms with Crippen molar-refractivity contribution >= 4 is 17.8 Å². The third kappa shape index (κ3) is 11.8. The number of carboxylic acids is 1. The summed E-state index contributed by atoms with van der Waals surface area (Å²) in [6.45, 7) is 15.6. The summed E-state index contributed by atoms with van der Waals surface area (Å²) in [5.74, 6) is -0.314. The quantitative estimate of drug-likeness (QED) is 0.138. The summed E-state index contributed by atoms with van der Waals surface area (Å²) in [6, 6.07) is 17.1. The number of aromatic hydroxyl groups is 1. The number of ether oxygens (including phenoxy) is 1. The van der Waals surface area contributed by atoms with Gasteiger partial charge in [-0.1, -0.05) is 96.2 Å². The van der Waals surface area contributed by atoms with E-state index in [2.05, 4.69) is 57.3 Å². The highest BCUT2D eigenvalue weighted by Crippen LogP contribution is 2.48. The van der Waals surface area contributed by atoms with E-state index in [1.165, 1.54) is 5.56 Å². The van der Waals surface area contributed by atoms with Gasteiger partial charge in [-0.2, -0.15) is 0 Å². The van der Waals surface area contributed by atoms with Crippen molar-refractivity contribution in [3.05, 3.63) is 77.9 Å². The van der Waals surface area contributed by atoms with Gasteiger partial charge in [0, 0.05) is 6.54 Å². The predicted octanol–water partition coefficient (Wildman–Crippen LogP) is 7.57. The van der Waals surface area contributed by atoms with Crippen LogP contribution < -0.4 is 5.32 Å². The second-order valence-corrected chi connectivity index (χ2v) is 13.1. The maximum Gasteiger partial charge on any atom is 0.313 e. The van der Waals surface area contributed by atoms with Crippen LogP contribution in [0.3, 0.4) is 0 Å². The molecule has 0 aliphatic heterocycles. The van der Waals surface area contributed by atoms with Crippen molar-refractivity contribution in [2.45, 2.75) is 79.6 Å². The maximum atomic E-state index is 12.2. The lowest BCUT2D eigenvalue weighted by Gasteiger charge is -2.23. The molecule has 1 saturated carbocycles. The van der Waals surface area contributed by atoms with Crippen molar-refractivity contribution < 1.29 is 29.3 Å². The normalized spacial score (nSPS) is 20.4. The van der Waals surface area contributed by atoms with Crippen LogP contribution in [0.2, 0.25) is 0 Å². The molecule has 2 aromatic carbocycles. The SMILES string of the molecule is CC(C)CCCNC(=O)C1C2C=CC(C2)C1C(=O)O.CC(C)COC(=O)C(C)c1ccc(O)cc1.CC(C)c1ccccc1. The molecule has 0 radical (unpaired) electrons. The zero-order valence-corrected chi connectivity index (χ0v) is 27.5. The van der Waals surface area contributed by atoms with Crippen LogP contribution in [-0.2, 0) is 19.1 Å². The van der Waals surface area contributed by atoms with Crippen LogP contribution in [0.25, 0.3) is 0 Å². The number of nitrogens with one attached hydrogen (secondary N) is 1. The zero-order valence-electron chi connectivity index (χ0n) is 27.5. The molecule has 0 spiro atoms. The molecular formula is C37H53NO6. The monoisotopic (exact) mass is 607 g/mol.